The van der Waals surface area contributed by atoms with Crippen molar-refractivity contribution in [2.75, 3.05) is 23.9 Å². The van der Waals surface area contributed by atoms with Gasteiger partial charge in [-0.15, -0.1) is 0 Å². The topological polar surface area (TPSA) is 66.4 Å². The number of carbonyl (C=O) groups excluding carboxylic acids is 2. The molecule has 30 heavy (non-hydrogen) atoms. The highest BCUT2D eigenvalue weighted by molar-refractivity contribution is 6.06. The van der Waals surface area contributed by atoms with E-state index >= 15 is 0 Å². The molecule has 0 aliphatic carbocycles. The molecule has 5 rings (SSSR count). The molecule has 2 aromatic carbocycles. The van der Waals surface area contributed by atoms with Gasteiger partial charge in [-0.2, -0.15) is 0 Å². The predicted octanol–water partition coefficient (Wildman–Crippen LogP) is 4.84. The van der Waals surface area contributed by atoms with Crippen LogP contribution in [0.4, 0.5) is 11.4 Å². The highest BCUT2D eigenvalue weighted by Gasteiger charge is 2.19. The van der Waals surface area contributed by atoms with Crippen LogP contribution in [-0.2, 0) is 9.59 Å². The summed E-state index contributed by atoms with van der Waals surface area (Å²) in [6, 6.07) is 11.4. The van der Waals surface area contributed by atoms with E-state index in [2.05, 4.69) is 0 Å². The molecule has 6 nitrogen and oxygen atoms in total. The Morgan fingerprint density at radius 1 is 0.633 bits per heavy atom. The normalized spacial score (nSPS) is 17.3. The maximum atomic E-state index is 12.8. The molecule has 6 bridgehead atoms. The molecule has 2 aliphatic rings. The van der Waals surface area contributed by atoms with Crippen LogP contribution in [-0.4, -0.2) is 35.9 Å². The Labute approximate surface area is 176 Å². The van der Waals surface area contributed by atoms with Crippen molar-refractivity contribution in [1.82, 2.24) is 9.97 Å². The fourth-order valence-electron chi connectivity index (χ4n) is 4.09. The number of nitrogens with zero attached hydrogens (tertiary/aromatic N) is 4. The summed E-state index contributed by atoms with van der Waals surface area (Å²) in [7, 11) is 3.62. The molecular formula is C24H28N4O2. The highest BCUT2D eigenvalue weighted by atomic mass is 16.2. The first-order chi connectivity index (χ1) is 14.6. The maximum absolute atomic E-state index is 12.8. The van der Waals surface area contributed by atoms with Gasteiger partial charge in [0.05, 0.1) is 22.4 Å². The summed E-state index contributed by atoms with van der Waals surface area (Å²) in [4.78, 5) is 38.6. The van der Waals surface area contributed by atoms with E-state index in [0.717, 1.165) is 49.9 Å². The summed E-state index contributed by atoms with van der Waals surface area (Å²) in [6.07, 6.45) is 7.09. The number of aromatic nitrogens is 2. The summed E-state index contributed by atoms with van der Waals surface area (Å²) >= 11 is 0. The zero-order valence-electron chi connectivity index (χ0n) is 17.7. The molecule has 0 spiro atoms. The average molecular weight is 405 g/mol. The van der Waals surface area contributed by atoms with Gasteiger partial charge in [-0.1, -0.05) is 37.8 Å². The molecule has 0 fully saturated rings. The van der Waals surface area contributed by atoms with E-state index in [1.165, 1.54) is 0 Å². The average Bonchev–Trinajstić information content (AvgIpc) is 2.76. The molecule has 2 aliphatic heterocycles. The van der Waals surface area contributed by atoms with E-state index in [1.807, 2.05) is 50.5 Å². The van der Waals surface area contributed by atoms with Crippen LogP contribution in [0.15, 0.2) is 36.4 Å². The lowest BCUT2D eigenvalue weighted by atomic mass is 10.1. The number of hydrogen-bond donors (Lipinski definition) is 0. The fraction of sp³-hybridized carbons (Fsp3) is 0.417. The second-order valence-electron chi connectivity index (χ2n) is 8.04. The maximum Gasteiger partial charge on any atom is 0.226 e. The first kappa shape index (κ1) is 20.3. The molecule has 3 heterocycles. The quantitative estimate of drug-likeness (QED) is 0.503. The van der Waals surface area contributed by atoms with Gasteiger partial charge in [0, 0.05) is 26.9 Å². The monoisotopic (exact) mass is 404 g/mol. The lowest BCUT2D eigenvalue weighted by Crippen LogP contribution is -2.27. The number of hydrogen-bond acceptors (Lipinski definition) is 4. The SMILES string of the molecule is CN1C(=O)CCCCCCCCC(=O)N(C)c2cccc3nc4c1cccc4nc23. The van der Waals surface area contributed by atoms with Crippen LogP contribution in [0.3, 0.4) is 0 Å². The van der Waals surface area contributed by atoms with Crippen molar-refractivity contribution >= 4 is 45.3 Å². The Morgan fingerprint density at radius 3 is 1.47 bits per heavy atom. The van der Waals surface area contributed by atoms with Crippen molar-refractivity contribution in [2.24, 2.45) is 0 Å². The number of rotatable bonds is 0. The van der Waals surface area contributed by atoms with Gasteiger partial charge in [0.25, 0.3) is 0 Å². The third-order valence-electron chi connectivity index (χ3n) is 5.95. The fourth-order valence-corrected chi connectivity index (χ4v) is 4.09. The van der Waals surface area contributed by atoms with Crippen molar-refractivity contribution in [2.45, 2.75) is 51.4 Å². The van der Waals surface area contributed by atoms with Crippen LogP contribution >= 0.6 is 0 Å². The van der Waals surface area contributed by atoms with Crippen LogP contribution in [0.1, 0.15) is 51.4 Å². The van der Waals surface area contributed by atoms with Crippen LogP contribution in [0.2, 0.25) is 0 Å². The minimum atomic E-state index is 0.101. The number of para-hydroxylation sites is 2. The van der Waals surface area contributed by atoms with E-state index in [0.29, 0.717) is 34.9 Å². The standard InChI is InChI=1S/C24H28N4O2/c1-27-19-13-9-11-17-23(19)25-18-12-10-14-20(24(18)26-17)28(2)22(30)16-8-6-4-3-5-7-15-21(27)29/h9-14H,3-8,15-16H2,1-2H3. The van der Waals surface area contributed by atoms with Gasteiger partial charge in [-0.25, -0.2) is 9.97 Å². The number of fused-ring (bicyclic) bond motifs is 11. The molecule has 0 atom stereocenters. The Hall–Kier alpha value is -3.02. The molecular weight excluding hydrogens is 376 g/mol. The van der Waals surface area contributed by atoms with Gasteiger partial charge in [0.2, 0.25) is 11.8 Å². The Morgan fingerprint density at radius 2 is 1.03 bits per heavy atom. The number of amides is 2. The molecule has 3 aromatic rings. The number of carbonyl (C=O) groups is 2. The summed E-state index contributed by atoms with van der Waals surface area (Å²) in [5, 5.41) is 0. The number of anilines is 2. The molecule has 2 amide bonds. The first-order valence-electron chi connectivity index (χ1n) is 10.8. The van der Waals surface area contributed by atoms with Crippen molar-refractivity contribution in [3.63, 3.8) is 0 Å². The van der Waals surface area contributed by atoms with Gasteiger partial charge in [-0.3, -0.25) is 9.59 Å². The smallest absolute Gasteiger partial charge is 0.226 e. The molecule has 156 valence electrons. The minimum Gasteiger partial charge on any atom is -0.313 e. The molecule has 6 heteroatoms. The zero-order chi connectivity index (χ0) is 21.1. The lowest BCUT2D eigenvalue weighted by Gasteiger charge is -2.21. The highest BCUT2D eigenvalue weighted by Crippen LogP contribution is 2.30. The molecule has 0 unspecified atom stereocenters. The molecule has 0 saturated heterocycles. The van der Waals surface area contributed by atoms with Crippen molar-refractivity contribution in [1.29, 1.82) is 0 Å². The van der Waals surface area contributed by atoms with Crippen molar-refractivity contribution in [3.05, 3.63) is 36.4 Å². The Kier molecular flexibility index (Phi) is 5.93. The summed E-state index contributed by atoms with van der Waals surface area (Å²) in [6.45, 7) is 0. The van der Waals surface area contributed by atoms with Gasteiger partial charge in [-0.05, 0) is 37.1 Å². The summed E-state index contributed by atoms with van der Waals surface area (Å²) in [5.41, 5.74) is 4.37. The first-order valence-corrected chi connectivity index (χ1v) is 10.8. The van der Waals surface area contributed by atoms with E-state index in [4.69, 9.17) is 9.97 Å². The Bertz CT molecular complexity index is 1010. The second kappa shape index (κ2) is 8.78. The number of benzene rings is 2. The van der Waals surface area contributed by atoms with Gasteiger partial charge < -0.3 is 9.80 Å². The summed E-state index contributed by atoms with van der Waals surface area (Å²) < 4.78 is 0. The van der Waals surface area contributed by atoms with Crippen LogP contribution < -0.4 is 9.80 Å². The van der Waals surface area contributed by atoms with Crippen LogP contribution in [0.5, 0.6) is 0 Å². The third-order valence-corrected chi connectivity index (χ3v) is 5.95. The van der Waals surface area contributed by atoms with E-state index < -0.39 is 0 Å². The molecule has 0 radical (unpaired) electrons. The molecule has 0 N–H and O–H groups in total. The molecule has 1 aromatic heterocycles. The van der Waals surface area contributed by atoms with E-state index in [-0.39, 0.29) is 11.8 Å². The summed E-state index contributed by atoms with van der Waals surface area (Å²) in [5.74, 6) is 0.203. The van der Waals surface area contributed by atoms with Crippen molar-refractivity contribution in [3.8, 4) is 0 Å². The van der Waals surface area contributed by atoms with Crippen LogP contribution in [0, 0.1) is 0 Å². The van der Waals surface area contributed by atoms with Crippen molar-refractivity contribution < 1.29 is 9.59 Å². The second-order valence-corrected chi connectivity index (χ2v) is 8.04. The third kappa shape index (κ3) is 3.99. The predicted molar refractivity (Wildman–Crippen MR) is 121 cm³/mol. The zero-order valence-corrected chi connectivity index (χ0v) is 17.7. The van der Waals surface area contributed by atoms with Gasteiger partial charge in [0.1, 0.15) is 11.0 Å². The van der Waals surface area contributed by atoms with Gasteiger partial charge >= 0.3 is 0 Å². The van der Waals surface area contributed by atoms with E-state index in [1.54, 1.807) is 9.80 Å². The Balaban J connectivity index is 1.84. The molecule has 0 saturated carbocycles. The minimum absolute atomic E-state index is 0.101. The largest absolute Gasteiger partial charge is 0.313 e. The van der Waals surface area contributed by atoms with Crippen LogP contribution in [0.25, 0.3) is 22.1 Å². The van der Waals surface area contributed by atoms with Gasteiger partial charge in [0.15, 0.2) is 0 Å². The lowest BCUT2D eigenvalue weighted by molar-refractivity contribution is -0.119. The van der Waals surface area contributed by atoms with E-state index in [9.17, 15) is 9.59 Å².